The van der Waals surface area contributed by atoms with Crippen LogP contribution < -0.4 is 56.8 Å². The number of hydrogen-bond donors (Lipinski definition) is 0. The van der Waals surface area contributed by atoms with E-state index < -0.39 is 16.8 Å². The first-order valence-electron chi connectivity index (χ1n) is 24.9. The number of ether oxygens (including phenoxy) is 12. The molecule has 0 bridgehead atoms. The number of para-hydroxylation sites is 1. The lowest BCUT2D eigenvalue weighted by atomic mass is 9.81. The van der Waals surface area contributed by atoms with E-state index in [2.05, 4.69) is 35.7 Å². The standard InChI is InChI=1S/C60H69N3O12/c1-13-25-58(40-19-28-61-29-20-40,43-34-48(64-4)54(70-10)49(35-43)65-5)73-46-17-16-18-47(74-59(26-14-2,41-21-30-62-31-22-41)44-36-50(66-6)55(71-11)51(37-44)67-7)57(46)75-60(27-15-3,42-23-32-63-33-24-42)45-38-52(68-8)56(72-12)53(39-45)69-9/h16-24,28-39H,13-15,25-27H2,1-12H3. The number of nitrogens with zero attached hydrogens (tertiary/aromatic N) is 3. The zero-order valence-corrected chi connectivity index (χ0v) is 45.1. The Morgan fingerprint density at radius 2 is 0.547 bits per heavy atom. The van der Waals surface area contributed by atoms with Crippen molar-refractivity contribution in [3.8, 4) is 69.0 Å². The minimum Gasteiger partial charge on any atom is -0.493 e. The van der Waals surface area contributed by atoms with Crippen molar-refractivity contribution in [1.82, 2.24) is 15.0 Å². The van der Waals surface area contributed by atoms with Gasteiger partial charge in [0.05, 0.1) is 64.0 Å². The molecular formula is C60H69N3O12. The van der Waals surface area contributed by atoms with Crippen LogP contribution in [0.1, 0.15) is 92.7 Å². The maximum absolute atomic E-state index is 8.00. The van der Waals surface area contributed by atoms with Gasteiger partial charge in [-0.1, -0.05) is 46.1 Å². The third-order valence-corrected chi connectivity index (χ3v) is 13.4. The van der Waals surface area contributed by atoms with E-state index in [0.29, 0.717) is 107 Å². The molecule has 3 unspecified atom stereocenters. The van der Waals surface area contributed by atoms with Crippen molar-refractivity contribution in [2.45, 2.75) is 76.1 Å². The first kappa shape index (κ1) is 54.7. The number of rotatable bonds is 27. The molecule has 0 aliphatic carbocycles. The van der Waals surface area contributed by atoms with Gasteiger partial charge < -0.3 is 56.8 Å². The van der Waals surface area contributed by atoms with Gasteiger partial charge in [-0.25, -0.2) is 0 Å². The quantitative estimate of drug-likeness (QED) is 0.0480. The number of benzene rings is 4. The van der Waals surface area contributed by atoms with Crippen molar-refractivity contribution in [3.05, 3.63) is 162 Å². The number of hydrogen-bond acceptors (Lipinski definition) is 15. The molecule has 0 saturated heterocycles. The molecule has 0 fully saturated rings. The van der Waals surface area contributed by atoms with E-state index in [1.807, 2.05) is 91.0 Å². The maximum atomic E-state index is 8.00. The number of aromatic nitrogens is 3. The van der Waals surface area contributed by atoms with Crippen LogP contribution in [0.25, 0.3) is 0 Å². The van der Waals surface area contributed by atoms with Crippen LogP contribution in [0.3, 0.4) is 0 Å². The molecule has 75 heavy (non-hydrogen) atoms. The summed E-state index contributed by atoms with van der Waals surface area (Å²) < 4.78 is 77.2. The predicted octanol–water partition coefficient (Wildman–Crippen LogP) is 12.3. The monoisotopic (exact) mass is 1020 g/mol. The SMILES string of the molecule is CCCC(Oc1cccc(OC(CCC)(c2ccncc2)c2cc(OC)c(OC)c(OC)c2)c1OC(CCC)(c1ccncc1)c1cc(OC)c(OC)c(OC)c1)(c1ccncc1)c1cc(OC)c(OC)c(OC)c1. The number of methoxy groups -OCH3 is 9. The Balaban J connectivity index is 1.64. The molecule has 15 nitrogen and oxygen atoms in total. The molecule has 7 rings (SSSR count). The van der Waals surface area contributed by atoms with Gasteiger partial charge in [-0.2, -0.15) is 0 Å². The lowest BCUT2D eigenvalue weighted by molar-refractivity contribution is 0.0499. The van der Waals surface area contributed by atoms with Crippen molar-refractivity contribution in [2.75, 3.05) is 64.0 Å². The van der Waals surface area contributed by atoms with Gasteiger partial charge in [-0.3, -0.25) is 15.0 Å². The Hall–Kier alpha value is -8.07. The molecular weight excluding hydrogens is 955 g/mol. The maximum Gasteiger partial charge on any atom is 0.205 e. The first-order chi connectivity index (χ1) is 36.6. The third kappa shape index (κ3) is 10.7. The first-order valence-corrected chi connectivity index (χ1v) is 24.9. The molecule has 15 heteroatoms. The molecule has 3 aromatic heterocycles. The van der Waals surface area contributed by atoms with E-state index in [1.165, 1.54) is 0 Å². The zero-order chi connectivity index (χ0) is 53.6. The predicted molar refractivity (Wildman–Crippen MR) is 286 cm³/mol. The Labute approximate surface area is 440 Å². The molecule has 4 aromatic carbocycles. The van der Waals surface area contributed by atoms with Crippen LogP contribution in [0, 0.1) is 0 Å². The van der Waals surface area contributed by atoms with Crippen molar-refractivity contribution >= 4 is 0 Å². The Morgan fingerprint density at radius 1 is 0.293 bits per heavy atom. The van der Waals surface area contributed by atoms with Gasteiger partial charge in [0.1, 0.15) is 0 Å². The topological polar surface area (TPSA) is 149 Å². The average Bonchev–Trinajstić information content (AvgIpc) is 3.46. The summed E-state index contributed by atoms with van der Waals surface area (Å²) in [6.07, 6.45) is 13.9. The third-order valence-electron chi connectivity index (χ3n) is 13.4. The van der Waals surface area contributed by atoms with E-state index in [-0.39, 0.29) is 5.75 Å². The summed E-state index contributed by atoms with van der Waals surface area (Å²) in [7, 11) is 14.3. The fourth-order valence-electron chi connectivity index (χ4n) is 10.0. The molecule has 7 aromatic rings. The summed E-state index contributed by atoms with van der Waals surface area (Å²) in [5, 5.41) is 0. The van der Waals surface area contributed by atoms with Crippen LogP contribution >= 0.6 is 0 Å². The van der Waals surface area contributed by atoms with Crippen LogP contribution in [-0.4, -0.2) is 78.9 Å². The second-order valence-electron chi connectivity index (χ2n) is 17.6. The minimum absolute atomic E-state index is 0.278. The normalized spacial score (nSPS) is 13.4. The summed E-state index contributed by atoms with van der Waals surface area (Å²) in [4.78, 5) is 13.3. The Kier molecular flexibility index (Phi) is 18.1. The Bertz CT molecular complexity index is 2750. The van der Waals surface area contributed by atoms with Gasteiger partial charge in [0.2, 0.25) is 23.0 Å². The summed E-state index contributed by atoms with van der Waals surface area (Å²) in [5.41, 5.74) is 0.717. The fourth-order valence-corrected chi connectivity index (χ4v) is 10.0. The summed E-state index contributed by atoms with van der Waals surface area (Å²) in [6.45, 7) is 6.33. The van der Waals surface area contributed by atoms with E-state index in [1.54, 1.807) is 101 Å². The highest BCUT2D eigenvalue weighted by Crippen LogP contribution is 2.55. The van der Waals surface area contributed by atoms with Crippen molar-refractivity contribution < 1.29 is 56.8 Å². The molecule has 0 aliphatic rings. The highest BCUT2D eigenvalue weighted by atomic mass is 16.6. The molecule has 0 N–H and O–H groups in total. The molecule has 0 radical (unpaired) electrons. The van der Waals surface area contributed by atoms with Crippen molar-refractivity contribution in [3.63, 3.8) is 0 Å². The minimum atomic E-state index is -1.31. The number of pyridine rings is 3. The van der Waals surface area contributed by atoms with Gasteiger partial charge in [-0.15, -0.1) is 0 Å². The highest BCUT2D eigenvalue weighted by molar-refractivity contribution is 5.62. The molecule has 0 aliphatic heterocycles. The van der Waals surface area contributed by atoms with Gasteiger partial charge >= 0.3 is 0 Å². The second-order valence-corrected chi connectivity index (χ2v) is 17.6. The molecule has 0 saturated carbocycles. The van der Waals surface area contributed by atoms with Gasteiger partial charge in [-0.05, 0) is 104 Å². The van der Waals surface area contributed by atoms with Crippen LogP contribution in [0.2, 0.25) is 0 Å². The van der Waals surface area contributed by atoms with Crippen LogP contribution in [-0.2, 0) is 16.8 Å². The molecule has 0 amide bonds. The molecule has 3 heterocycles. The largest absolute Gasteiger partial charge is 0.493 e. The molecule has 396 valence electrons. The van der Waals surface area contributed by atoms with Gasteiger partial charge in [0.15, 0.2) is 62.8 Å². The van der Waals surface area contributed by atoms with Crippen LogP contribution in [0.4, 0.5) is 0 Å². The van der Waals surface area contributed by atoms with E-state index >= 15 is 0 Å². The molecule has 0 spiro atoms. The smallest absolute Gasteiger partial charge is 0.205 e. The van der Waals surface area contributed by atoms with Crippen LogP contribution in [0.15, 0.2) is 128 Å². The molecule has 3 atom stereocenters. The fraction of sp³-hybridized carbons (Fsp3) is 0.350. The summed E-state index contributed by atoms with van der Waals surface area (Å²) >= 11 is 0. The van der Waals surface area contributed by atoms with Crippen molar-refractivity contribution in [2.24, 2.45) is 0 Å². The average molecular weight is 1020 g/mol. The summed E-state index contributed by atoms with van der Waals surface area (Å²) in [6, 6.07) is 28.9. The highest BCUT2D eigenvalue weighted by Gasteiger charge is 2.45. The Morgan fingerprint density at radius 3 is 0.773 bits per heavy atom. The van der Waals surface area contributed by atoms with Gasteiger partial charge in [0.25, 0.3) is 0 Å². The lowest BCUT2D eigenvalue weighted by Crippen LogP contribution is -2.38. The van der Waals surface area contributed by atoms with Crippen molar-refractivity contribution in [1.29, 1.82) is 0 Å². The summed E-state index contributed by atoms with van der Waals surface area (Å²) in [5.74, 6) is 4.95. The van der Waals surface area contributed by atoms with Crippen LogP contribution in [0.5, 0.6) is 69.0 Å². The second kappa shape index (κ2) is 24.8. The lowest BCUT2D eigenvalue weighted by Gasteiger charge is -2.41. The van der Waals surface area contributed by atoms with Gasteiger partial charge in [0, 0.05) is 70.6 Å². The van der Waals surface area contributed by atoms with E-state index in [0.717, 1.165) is 27.8 Å². The zero-order valence-electron chi connectivity index (χ0n) is 45.1. The van der Waals surface area contributed by atoms with E-state index in [4.69, 9.17) is 56.8 Å². The van der Waals surface area contributed by atoms with E-state index in [9.17, 15) is 0 Å².